The number of carboxylic acid groups (broad SMARTS) is 1. The molecule has 0 spiro atoms. The topological polar surface area (TPSA) is 114 Å². The highest BCUT2D eigenvalue weighted by Gasteiger charge is 2.24. The number of nitrogens with one attached hydrogen (secondary N) is 1. The third-order valence-electron chi connectivity index (χ3n) is 2.08. The van der Waals surface area contributed by atoms with Crippen molar-refractivity contribution in [2.24, 2.45) is 5.11 Å². The van der Waals surface area contributed by atoms with Crippen LogP contribution in [0.3, 0.4) is 0 Å². The zero-order valence-corrected chi connectivity index (χ0v) is 12.4. The van der Waals surface area contributed by atoms with E-state index in [9.17, 15) is 14.8 Å². The highest BCUT2D eigenvalue weighted by Crippen LogP contribution is 2.07. The van der Waals surface area contributed by atoms with E-state index in [0.717, 1.165) is 6.42 Å². The lowest BCUT2D eigenvalue weighted by molar-refractivity contribution is -0.531. The number of ether oxygens (including phenoxy) is 1. The Morgan fingerprint density at radius 2 is 2.05 bits per heavy atom. The van der Waals surface area contributed by atoms with Gasteiger partial charge in [0.15, 0.2) is 6.54 Å². The van der Waals surface area contributed by atoms with Crippen molar-refractivity contribution in [2.45, 2.75) is 52.2 Å². The van der Waals surface area contributed by atoms with Crippen molar-refractivity contribution in [1.82, 2.24) is 5.32 Å². The summed E-state index contributed by atoms with van der Waals surface area (Å²) < 4.78 is 4.96. The molecule has 116 valence electrons. The Kier molecular flexibility index (Phi) is 7.56. The third kappa shape index (κ3) is 9.12. The van der Waals surface area contributed by atoms with E-state index < -0.39 is 23.7 Å². The first-order valence-electron chi connectivity index (χ1n) is 6.50. The summed E-state index contributed by atoms with van der Waals surface area (Å²) in [7, 11) is 0. The van der Waals surface area contributed by atoms with Crippen molar-refractivity contribution in [3.05, 3.63) is 5.21 Å². The fourth-order valence-corrected chi connectivity index (χ4v) is 1.23. The average molecular weight is 289 g/mol. The molecule has 2 N–H and O–H groups in total. The minimum absolute atomic E-state index is 0.0503. The summed E-state index contributed by atoms with van der Waals surface area (Å²) in [5.74, 6) is -1.22. The lowest BCUT2D eigenvalue weighted by atomic mass is 10.2. The standard InChI is InChI=1S/C12H23N3O5/c1-5-7-13-15(19)8-6-9(10(16)17)14-11(18)20-12(2,3)4/h9H,5-8H2,1-4H3,(H,14,18)(H,16,17)/t9-/m0/s1. The molecule has 20 heavy (non-hydrogen) atoms. The average Bonchev–Trinajstić information content (AvgIpc) is 2.29. The summed E-state index contributed by atoms with van der Waals surface area (Å²) in [6.07, 6.45) is -0.143. The fraction of sp³-hybridized carbons (Fsp3) is 0.833. The van der Waals surface area contributed by atoms with Gasteiger partial charge < -0.3 is 20.4 Å². The van der Waals surface area contributed by atoms with E-state index in [1.54, 1.807) is 20.8 Å². The maximum Gasteiger partial charge on any atom is 0.408 e. The zero-order valence-electron chi connectivity index (χ0n) is 12.4. The molecule has 8 heteroatoms. The Bertz CT molecular complexity index is 363. The number of carboxylic acids is 1. The van der Waals surface area contributed by atoms with Crippen LogP contribution in [0.5, 0.6) is 0 Å². The molecule has 0 aliphatic carbocycles. The van der Waals surface area contributed by atoms with Crippen LogP contribution < -0.4 is 5.32 Å². The number of carbonyl (C=O) groups excluding carboxylic acids is 1. The number of amides is 1. The number of hydrogen-bond donors (Lipinski definition) is 2. The van der Waals surface area contributed by atoms with Crippen LogP contribution in [0.2, 0.25) is 0 Å². The molecule has 0 saturated heterocycles. The Morgan fingerprint density at radius 1 is 1.45 bits per heavy atom. The van der Waals surface area contributed by atoms with Crippen molar-refractivity contribution >= 4 is 12.1 Å². The molecular formula is C12H23N3O5. The molecule has 0 aliphatic rings. The van der Waals surface area contributed by atoms with Gasteiger partial charge in [-0.3, -0.25) is 0 Å². The van der Waals surface area contributed by atoms with Crippen LogP contribution in [0.25, 0.3) is 0 Å². The maximum absolute atomic E-state index is 11.5. The summed E-state index contributed by atoms with van der Waals surface area (Å²) >= 11 is 0. The molecule has 0 heterocycles. The summed E-state index contributed by atoms with van der Waals surface area (Å²) in [6, 6.07) is -1.18. The van der Waals surface area contributed by atoms with Gasteiger partial charge in [0.2, 0.25) is 0 Å². The van der Waals surface area contributed by atoms with Gasteiger partial charge in [-0.1, -0.05) is 11.8 Å². The van der Waals surface area contributed by atoms with Crippen molar-refractivity contribution < 1.29 is 24.3 Å². The zero-order chi connectivity index (χ0) is 15.8. The van der Waals surface area contributed by atoms with Gasteiger partial charge in [0.25, 0.3) is 0 Å². The molecule has 0 radical (unpaired) electrons. The van der Waals surface area contributed by atoms with Crippen molar-refractivity contribution in [2.75, 3.05) is 13.1 Å². The normalized spacial score (nSPS) is 13.7. The van der Waals surface area contributed by atoms with Crippen LogP contribution in [0.4, 0.5) is 4.79 Å². The van der Waals surface area contributed by atoms with E-state index in [1.165, 1.54) is 0 Å². The quantitative estimate of drug-likeness (QED) is 0.421. The molecule has 1 amide bonds. The largest absolute Gasteiger partial charge is 0.600 e. The molecule has 0 aromatic heterocycles. The number of aliphatic carboxylic acids is 1. The van der Waals surface area contributed by atoms with Crippen LogP contribution in [0.15, 0.2) is 5.11 Å². The number of hydroxylamine groups is 1. The van der Waals surface area contributed by atoms with Crippen LogP contribution >= 0.6 is 0 Å². The highest BCUT2D eigenvalue weighted by molar-refractivity contribution is 5.79. The molecular weight excluding hydrogens is 266 g/mol. The molecule has 0 rings (SSSR count). The Morgan fingerprint density at radius 3 is 2.50 bits per heavy atom. The monoisotopic (exact) mass is 289 g/mol. The second-order valence-electron chi connectivity index (χ2n) is 5.27. The maximum atomic E-state index is 11.5. The lowest BCUT2D eigenvalue weighted by Crippen LogP contribution is -2.44. The van der Waals surface area contributed by atoms with E-state index in [4.69, 9.17) is 9.84 Å². The van der Waals surface area contributed by atoms with E-state index in [2.05, 4.69) is 10.4 Å². The summed E-state index contributed by atoms with van der Waals surface area (Å²) in [4.78, 5) is 22.9. The van der Waals surface area contributed by atoms with Crippen molar-refractivity contribution in [3.63, 3.8) is 0 Å². The molecule has 0 aromatic rings. The van der Waals surface area contributed by atoms with Gasteiger partial charge in [-0.2, -0.15) is 0 Å². The van der Waals surface area contributed by atoms with Gasteiger partial charge in [0, 0.05) is 6.42 Å². The molecule has 0 fully saturated rings. The van der Waals surface area contributed by atoms with Gasteiger partial charge in [0.1, 0.15) is 18.2 Å². The minimum Gasteiger partial charge on any atom is -0.600 e. The number of alkyl carbamates (subject to hydrolysis) is 1. The summed E-state index contributed by atoms with van der Waals surface area (Å²) in [5.41, 5.74) is -0.714. The van der Waals surface area contributed by atoms with E-state index in [1.807, 2.05) is 6.92 Å². The first kappa shape index (κ1) is 18.1. The number of hydrogen-bond acceptors (Lipinski definition) is 5. The first-order valence-corrected chi connectivity index (χ1v) is 6.50. The number of carbonyl (C=O) groups is 2. The number of rotatable bonds is 7. The number of nitrogens with zero attached hydrogens (tertiary/aromatic N) is 2. The second kappa shape index (κ2) is 8.34. The molecule has 1 atom stereocenters. The van der Waals surface area contributed by atoms with Crippen molar-refractivity contribution in [1.29, 1.82) is 0 Å². The second-order valence-corrected chi connectivity index (χ2v) is 5.27. The highest BCUT2D eigenvalue weighted by atomic mass is 16.6. The van der Waals surface area contributed by atoms with Gasteiger partial charge in [-0.25, -0.2) is 9.59 Å². The van der Waals surface area contributed by atoms with E-state index >= 15 is 0 Å². The summed E-state index contributed by atoms with van der Waals surface area (Å²) in [6.45, 7) is 7.18. The van der Waals surface area contributed by atoms with Gasteiger partial charge in [-0.15, -0.1) is 0 Å². The Hall–Kier alpha value is -1.86. The minimum atomic E-state index is -1.22. The molecule has 0 aromatic carbocycles. The predicted octanol–water partition coefficient (Wildman–Crippen LogP) is 1.73. The third-order valence-corrected chi connectivity index (χ3v) is 2.08. The molecule has 0 saturated carbocycles. The molecule has 0 bridgehead atoms. The molecule has 0 aliphatic heterocycles. The van der Waals surface area contributed by atoms with E-state index in [0.29, 0.717) is 11.4 Å². The number of azo groups is 1. The van der Waals surface area contributed by atoms with Crippen LogP contribution in [-0.4, -0.2) is 46.8 Å². The lowest BCUT2D eigenvalue weighted by Gasteiger charge is -2.21. The SMILES string of the molecule is CCCN=[N+]([O-])CC[C@H](NC(=O)OC(C)(C)C)C(=O)O. The predicted molar refractivity (Wildman–Crippen MR) is 71.5 cm³/mol. The Labute approximate surface area is 118 Å². The van der Waals surface area contributed by atoms with Crippen molar-refractivity contribution in [3.8, 4) is 0 Å². The smallest absolute Gasteiger partial charge is 0.408 e. The van der Waals surface area contributed by atoms with Gasteiger partial charge in [0.05, 0.1) is 0 Å². The fourth-order valence-electron chi connectivity index (χ4n) is 1.23. The van der Waals surface area contributed by atoms with Crippen LogP contribution in [0.1, 0.15) is 40.5 Å². The van der Waals surface area contributed by atoms with E-state index in [-0.39, 0.29) is 13.0 Å². The van der Waals surface area contributed by atoms with Crippen LogP contribution in [-0.2, 0) is 9.53 Å². The molecule has 8 nitrogen and oxygen atoms in total. The van der Waals surface area contributed by atoms with Gasteiger partial charge in [-0.05, 0) is 32.3 Å². The van der Waals surface area contributed by atoms with Crippen LogP contribution in [0, 0.1) is 5.21 Å². The van der Waals surface area contributed by atoms with Gasteiger partial charge >= 0.3 is 12.1 Å². The Balaban J connectivity index is 4.38. The summed E-state index contributed by atoms with van der Waals surface area (Å²) in [5, 5.41) is 26.1. The first-order chi connectivity index (χ1) is 9.15. The molecule has 0 unspecified atom stereocenters.